The molecule has 2 aliphatic rings. The van der Waals surface area contributed by atoms with E-state index in [4.69, 9.17) is 0 Å². The van der Waals surface area contributed by atoms with E-state index in [-0.39, 0.29) is 13.1 Å². The van der Waals surface area contributed by atoms with Gasteiger partial charge in [0.25, 0.3) is 0 Å². The third-order valence-corrected chi connectivity index (χ3v) is 6.13. The minimum Gasteiger partial charge on any atom is -0.387 e. The van der Waals surface area contributed by atoms with Crippen LogP contribution in [0.15, 0.2) is 23.1 Å². The number of β-amino-alcohol motifs (C(OH)–C–C–N with tert-alkyl or cyclic N) is 1. The van der Waals surface area contributed by atoms with Gasteiger partial charge in [-0.2, -0.15) is 4.31 Å². The van der Waals surface area contributed by atoms with Crippen molar-refractivity contribution in [3.63, 3.8) is 0 Å². The maximum Gasteiger partial charge on any atom is 0.243 e. The number of hydrogen-bond acceptors (Lipinski definition) is 3. The van der Waals surface area contributed by atoms with Gasteiger partial charge in [-0.05, 0) is 49.8 Å². The van der Waals surface area contributed by atoms with E-state index in [1.54, 1.807) is 13.0 Å². The Labute approximate surface area is 114 Å². The van der Waals surface area contributed by atoms with E-state index in [1.165, 1.54) is 4.31 Å². The van der Waals surface area contributed by atoms with Crippen LogP contribution < -0.4 is 0 Å². The predicted molar refractivity (Wildman–Crippen MR) is 72.3 cm³/mol. The lowest BCUT2D eigenvalue weighted by atomic mass is 9.91. The van der Waals surface area contributed by atoms with E-state index in [0.29, 0.717) is 10.8 Å². The molecule has 19 heavy (non-hydrogen) atoms. The molecule has 0 aromatic heterocycles. The third-order valence-electron chi connectivity index (χ3n) is 4.20. The number of aryl methyl sites for hydroxylation is 2. The average Bonchev–Trinajstić information content (AvgIpc) is 3.12. The van der Waals surface area contributed by atoms with Crippen LogP contribution in [-0.2, 0) is 10.0 Å². The molecular weight excluding hydrogens is 262 g/mol. The Bertz CT molecular complexity index is 614. The SMILES string of the molecule is Cc1ccc(C)c(S(=O)(=O)N2CC(O)(C3CC3)C2)c1. The Hall–Kier alpha value is -0.910. The van der Waals surface area contributed by atoms with Crippen molar-refractivity contribution >= 4 is 10.0 Å². The van der Waals surface area contributed by atoms with E-state index in [0.717, 1.165) is 24.0 Å². The third kappa shape index (κ3) is 2.10. The maximum absolute atomic E-state index is 12.5. The van der Waals surface area contributed by atoms with Crippen LogP contribution in [0.5, 0.6) is 0 Å². The molecule has 0 amide bonds. The normalized spacial score (nSPS) is 23.1. The van der Waals surface area contributed by atoms with Crippen LogP contribution >= 0.6 is 0 Å². The van der Waals surface area contributed by atoms with Gasteiger partial charge in [0.15, 0.2) is 0 Å². The molecule has 104 valence electrons. The number of hydrogen-bond donors (Lipinski definition) is 1. The second kappa shape index (κ2) is 4.04. The van der Waals surface area contributed by atoms with Crippen LogP contribution in [0.4, 0.5) is 0 Å². The molecule has 0 radical (unpaired) electrons. The lowest BCUT2D eigenvalue weighted by Crippen LogP contribution is -2.64. The lowest BCUT2D eigenvalue weighted by Gasteiger charge is -2.45. The fourth-order valence-electron chi connectivity index (χ4n) is 2.74. The monoisotopic (exact) mass is 281 g/mol. The molecular formula is C14H19NO3S. The molecule has 1 aromatic rings. The number of nitrogens with zero attached hydrogens (tertiary/aromatic N) is 1. The van der Waals surface area contributed by atoms with Crippen LogP contribution in [-0.4, -0.2) is 36.5 Å². The Morgan fingerprint density at radius 1 is 1.26 bits per heavy atom. The second-order valence-corrected chi connectivity index (χ2v) is 7.83. The second-order valence-electron chi connectivity index (χ2n) is 5.92. The summed E-state index contributed by atoms with van der Waals surface area (Å²) in [6, 6.07) is 5.44. The first-order valence-corrected chi connectivity index (χ1v) is 8.07. The number of sulfonamides is 1. The number of rotatable bonds is 3. The Morgan fingerprint density at radius 2 is 1.89 bits per heavy atom. The molecule has 1 aromatic carbocycles. The van der Waals surface area contributed by atoms with E-state index < -0.39 is 15.6 Å². The molecule has 1 aliphatic carbocycles. The molecule has 1 N–H and O–H groups in total. The summed E-state index contributed by atoms with van der Waals surface area (Å²) in [7, 11) is -3.46. The quantitative estimate of drug-likeness (QED) is 0.912. The van der Waals surface area contributed by atoms with Gasteiger partial charge in [0.05, 0.1) is 10.5 Å². The highest BCUT2D eigenvalue weighted by Gasteiger charge is 2.55. The summed E-state index contributed by atoms with van der Waals surface area (Å²) in [5.74, 6) is 0.303. The molecule has 4 nitrogen and oxygen atoms in total. The van der Waals surface area contributed by atoms with Crippen molar-refractivity contribution in [2.45, 2.75) is 37.2 Å². The van der Waals surface area contributed by atoms with Crippen molar-refractivity contribution in [3.8, 4) is 0 Å². The first-order valence-electron chi connectivity index (χ1n) is 6.63. The van der Waals surface area contributed by atoms with Crippen molar-refractivity contribution in [3.05, 3.63) is 29.3 Å². The van der Waals surface area contributed by atoms with Crippen molar-refractivity contribution < 1.29 is 13.5 Å². The molecule has 0 unspecified atom stereocenters. The molecule has 1 heterocycles. The van der Waals surface area contributed by atoms with Gasteiger partial charge in [-0.15, -0.1) is 0 Å². The standard InChI is InChI=1S/C14H19NO3S/c1-10-3-4-11(2)13(7-10)19(17,18)15-8-14(16,9-15)12-5-6-12/h3-4,7,12,16H,5-6,8-9H2,1-2H3. The fourth-order valence-corrected chi connectivity index (χ4v) is 4.61. The summed E-state index contributed by atoms with van der Waals surface area (Å²) in [6.45, 7) is 4.18. The zero-order chi connectivity index (χ0) is 13.8. The highest BCUT2D eigenvalue weighted by molar-refractivity contribution is 7.89. The smallest absolute Gasteiger partial charge is 0.243 e. The number of benzene rings is 1. The van der Waals surface area contributed by atoms with Gasteiger partial charge in [-0.25, -0.2) is 8.42 Å². The van der Waals surface area contributed by atoms with Crippen molar-refractivity contribution in [1.29, 1.82) is 0 Å². The molecule has 0 spiro atoms. The fraction of sp³-hybridized carbons (Fsp3) is 0.571. The first-order chi connectivity index (χ1) is 8.83. The average molecular weight is 281 g/mol. The van der Waals surface area contributed by atoms with Crippen LogP contribution in [0.1, 0.15) is 24.0 Å². The van der Waals surface area contributed by atoms with Gasteiger partial charge >= 0.3 is 0 Å². The van der Waals surface area contributed by atoms with Crippen LogP contribution in [0.25, 0.3) is 0 Å². The van der Waals surface area contributed by atoms with Crippen molar-refractivity contribution in [2.24, 2.45) is 5.92 Å². The molecule has 1 saturated heterocycles. The van der Waals surface area contributed by atoms with E-state index >= 15 is 0 Å². The minimum atomic E-state index is -3.46. The summed E-state index contributed by atoms with van der Waals surface area (Å²) in [5, 5.41) is 10.2. The largest absolute Gasteiger partial charge is 0.387 e. The highest BCUT2D eigenvalue weighted by Crippen LogP contribution is 2.46. The number of aliphatic hydroxyl groups is 1. The molecule has 0 atom stereocenters. The summed E-state index contributed by atoms with van der Waals surface area (Å²) in [5.41, 5.74) is 0.916. The Balaban J connectivity index is 1.86. The Morgan fingerprint density at radius 3 is 2.47 bits per heavy atom. The van der Waals surface area contributed by atoms with Gasteiger partial charge in [0.1, 0.15) is 0 Å². The van der Waals surface area contributed by atoms with Gasteiger partial charge in [0, 0.05) is 13.1 Å². The first kappa shape index (κ1) is 13.1. The van der Waals surface area contributed by atoms with Crippen LogP contribution in [0.3, 0.4) is 0 Å². The summed E-state index contributed by atoms with van der Waals surface area (Å²) in [4.78, 5) is 0.366. The molecule has 3 rings (SSSR count). The Kier molecular flexibility index (Phi) is 2.78. The summed E-state index contributed by atoms with van der Waals surface area (Å²) >= 11 is 0. The van der Waals surface area contributed by atoms with Gasteiger partial charge in [0.2, 0.25) is 10.0 Å². The zero-order valence-electron chi connectivity index (χ0n) is 11.3. The molecule has 2 fully saturated rings. The molecule has 0 bridgehead atoms. The van der Waals surface area contributed by atoms with Crippen molar-refractivity contribution in [1.82, 2.24) is 4.31 Å². The van der Waals surface area contributed by atoms with Crippen molar-refractivity contribution in [2.75, 3.05) is 13.1 Å². The van der Waals surface area contributed by atoms with Gasteiger partial charge < -0.3 is 5.11 Å². The maximum atomic E-state index is 12.5. The van der Waals surface area contributed by atoms with Crippen LogP contribution in [0, 0.1) is 19.8 Å². The zero-order valence-corrected chi connectivity index (χ0v) is 12.1. The minimum absolute atomic E-state index is 0.243. The predicted octanol–water partition coefficient (Wildman–Crippen LogP) is 1.45. The summed E-state index contributed by atoms with van der Waals surface area (Å²) in [6.07, 6.45) is 2.04. The molecule has 5 heteroatoms. The van der Waals surface area contributed by atoms with E-state index in [1.807, 2.05) is 19.1 Å². The summed E-state index contributed by atoms with van der Waals surface area (Å²) < 4.78 is 26.5. The van der Waals surface area contributed by atoms with E-state index in [9.17, 15) is 13.5 Å². The van der Waals surface area contributed by atoms with E-state index in [2.05, 4.69) is 0 Å². The lowest BCUT2D eigenvalue weighted by molar-refractivity contribution is -0.0764. The van der Waals surface area contributed by atoms with Crippen LogP contribution in [0.2, 0.25) is 0 Å². The molecule has 1 aliphatic heterocycles. The van der Waals surface area contributed by atoms with Gasteiger partial charge in [-0.3, -0.25) is 0 Å². The molecule has 1 saturated carbocycles. The van der Waals surface area contributed by atoms with Gasteiger partial charge in [-0.1, -0.05) is 12.1 Å². The highest BCUT2D eigenvalue weighted by atomic mass is 32.2. The topological polar surface area (TPSA) is 57.6 Å².